The molecular weight excluding hydrogens is 258 g/mol. The van der Waals surface area contributed by atoms with Crippen molar-refractivity contribution in [3.8, 4) is 12.3 Å². The third-order valence-electron chi connectivity index (χ3n) is 2.43. The van der Waals surface area contributed by atoms with Crippen molar-refractivity contribution in [2.24, 2.45) is 0 Å². The second-order valence-electron chi connectivity index (χ2n) is 3.54. The van der Waals surface area contributed by atoms with Gasteiger partial charge in [0.05, 0.1) is 11.5 Å². The number of hydrogen-bond donors (Lipinski definition) is 0. The molecule has 0 atom stereocenters. The van der Waals surface area contributed by atoms with Crippen LogP contribution in [0.5, 0.6) is 0 Å². The van der Waals surface area contributed by atoms with Crippen LogP contribution < -0.4 is 0 Å². The molecule has 0 bridgehead atoms. The van der Waals surface area contributed by atoms with Gasteiger partial charge < -0.3 is 4.90 Å². The highest BCUT2D eigenvalue weighted by Crippen LogP contribution is 2.24. The lowest BCUT2D eigenvalue weighted by Crippen LogP contribution is -2.32. The van der Waals surface area contributed by atoms with Gasteiger partial charge in [-0.15, -0.1) is 6.42 Å². The van der Waals surface area contributed by atoms with E-state index >= 15 is 0 Å². The fourth-order valence-corrected chi connectivity index (χ4v) is 1.47. The first kappa shape index (κ1) is 14.6. The Morgan fingerprint density at radius 2 is 2.16 bits per heavy atom. The molecule has 1 aromatic rings. The van der Waals surface area contributed by atoms with Gasteiger partial charge in [-0.1, -0.05) is 5.92 Å². The van der Waals surface area contributed by atoms with Crippen LogP contribution in [0.4, 0.5) is 14.5 Å². The first-order chi connectivity index (χ1) is 8.93. The lowest BCUT2D eigenvalue weighted by molar-refractivity contribution is -0.387. The van der Waals surface area contributed by atoms with Gasteiger partial charge in [-0.25, -0.2) is 4.39 Å². The van der Waals surface area contributed by atoms with Crippen molar-refractivity contribution in [1.29, 1.82) is 0 Å². The normalized spacial score (nSPS) is 9.79. The van der Waals surface area contributed by atoms with E-state index in [1.54, 1.807) is 6.92 Å². The van der Waals surface area contributed by atoms with Crippen LogP contribution in [0.2, 0.25) is 0 Å². The molecule has 1 rings (SSSR count). The van der Waals surface area contributed by atoms with Crippen molar-refractivity contribution in [3.63, 3.8) is 0 Å². The molecule has 0 aromatic heterocycles. The second kappa shape index (κ2) is 5.91. The second-order valence-corrected chi connectivity index (χ2v) is 3.54. The van der Waals surface area contributed by atoms with Crippen LogP contribution >= 0.6 is 0 Å². The molecule has 100 valence electrons. The zero-order chi connectivity index (χ0) is 14.6. The minimum absolute atomic E-state index is 0.130. The summed E-state index contributed by atoms with van der Waals surface area (Å²) in [4.78, 5) is 22.4. The number of terminal acetylenes is 1. The van der Waals surface area contributed by atoms with Gasteiger partial charge in [-0.05, 0) is 13.0 Å². The van der Waals surface area contributed by atoms with Crippen molar-refractivity contribution in [1.82, 2.24) is 4.90 Å². The van der Waals surface area contributed by atoms with Gasteiger partial charge in [0.15, 0.2) is 0 Å². The summed E-state index contributed by atoms with van der Waals surface area (Å²) in [6, 6.07) is 1.34. The fraction of sp³-hybridized carbons (Fsp3) is 0.250. The third-order valence-corrected chi connectivity index (χ3v) is 2.43. The molecule has 0 heterocycles. The minimum atomic E-state index is -1.49. The van der Waals surface area contributed by atoms with Gasteiger partial charge in [0.1, 0.15) is 11.4 Å². The van der Waals surface area contributed by atoms with E-state index in [9.17, 15) is 23.7 Å². The Morgan fingerprint density at radius 3 is 2.63 bits per heavy atom. The zero-order valence-electron chi connectivity index (χ0n) is 10.0. The molecule has 0 radical (unpaired) electrons. The molecule has 7 heteroatoms. The number of rotatable bonds is 4. The average molecular weight is 268 g/mol. The number of nitro benzene ring substituents is 1. The largest absolute Gasteiger partial charge is 0.328 e. The molecule has 0 spiro atoms. The Hall–Kier alpha value is -2.49. The molecule has 19 heavy (non-hydrogen) atoms. The zero-order valence-corrected chi connectivity index (χ0v) is 10.0. The maximum Gasteiger partial charge on any atom is 0.305 e. The third kappa shape index (κ3) is 2.85. The average Bonchev–Trinajstić information content (AvgIpc) is 2.35. The molecule has 0 aliphatic carbocycles. The van der Waals surface area contributed by atoms with Crippen LogP contribution in [0, 0.1) is 34.1 Å². The van der Waals surface area contributed by atoms with Crippen LogP contribution in [0.1, 0.15) is 17.3 Å². The molecule has 1 aromatic carbocycles. The van der Waals surface area contributed by atoms with Crippen molar-refractivity contribution in [2.75, 3.05) is 13.1 Å². The standard InChI is InChI=1S/C12H10F2N2O3/c1-3-7-15(4-2)12(17)10-8(13)5-6-9(11(10)14)16(18)19/h1,5-6H,4,7H2,2H3. The van der Waals surface area contributed by atoms with Crippen LogP contribution in [0.3, 0.4) is 0 Å². The Bertz CT molecular complexity index is 567. The summed E-state index contributed by atoms with van der Waals surface area (Å²) in [5.74, 6) is -1.50. The number of amides is 1. The van der Waals surface area contributed by atoms with Gasteiger partial charge in [0, 0.05) is 12.6 Å². The number of carbonyl (C=O) groups excluding carboxylic acids is 1. The summed E-state index contributed by atoms with van der Waals surface area (Å²) >= 11 is 0. The van der Waals surface area contributed by atoms with E-state index in [-0.39, 0.29) is 13.1 Å². The molecule has 0 unspecified atom stereocenters. The van der Waals surface area contributed by atoms with Gasteiger partial charge in [-0.2, -0.15) is 4.39 Å². The van der Waals surface area contributed by atoms with E-state index < -0.39 is 33.7 Å². The fourth-order valence-electron chi connectivity index (χ4n) is 1.47. The Morgan fingerprint density at radius 1 is 1.53 bits per heavy atom. The molecular formula is C12H10F2N2O3. The van der Waals surface area contributed by atoms with E-state index in [0.29, 0.717) is 12.1 Å². The molecule has 0 aliphatic rings. The van der Waals surface area contributed by atoms with Crippen LogP contribution in [0.15, 0.2) is 12.1 Å². The summed E-state index contributed by atoms with van der Waals surface area (Å²) in [5.41, 5.74) is -1.92. The highest BCUT2D eigenvalue weighted by atomic mass is 19.1. The minimum Gasteiger partial charge on any atom is -0.328 e. The van der Waals surface area contributed by atoms with E-state index in [0.717, 1.165) is 4.90 Å². The Labute approximate surface area is 108 Å². The first-order valence-electron chi connectivity index (χ1n) is 5.29. The highest BCUT2D eigenvalue weighted by molar-refractivity contribution is 5.95. The van der Waals surface area contributed by atoms with Gasteiger partial charge in [0.2, 0.25) is 5.82 Å². The summed E-state index contributed by atoms with van der Waals surface area (Å²) in [6.45, 7) is 1.56. The van der Waals surface area contributed by atoms with E-state index in [1.165, 1.54) is 0 Å². The predicted molar refractivity (Wildman–Crippen MR) is 63.4 cm³/mol. The van der Waals surface area contributed by atoms with Crippen LogP contribution in [0.25, 0.3) is 0 Å². The first-order valence-corrected chi connectivity index (χ1v) is 5.29. The number of halogens is 2. The van der Waals surface area contributed by atoms with Gasteiger partial charge >= 0.3 is 5.69 Å². The number of carbonyl (C=O) groups is 1. The van der Waals surface area contributed by atoms with Crippen molar-refractivity contribution in [3.05, 3.63) is 39.4 Å². The summed E-state index contributed by atoms with van der Waals surface area (Å²) in [6.07, 6.45) is 5.04. The summed E-state index contributed by atoms with van der Waals surface area (Å²) < 4.78 is 27.3. The van der Waals surface area contributed by atoms with E-state index in [1.807, 2.05) is 0 Å². The predicted octanol–water partition coefficient (Wildman–Crippen LogP) is 1.97. The van der Waals surface area contributed by atoms with Crippen molar-refractivity contribution >= 4 is 11.6 Å². The quantitative estimate of drug-likeness (QED) is 0.476. The number of hydrogen-bond acceptors (Lipinski definition) is 3. The lowest BCUT2D eigenvalue weighted by atomic mass is 10.1. The van der Waals surface area contributed by atoms with Crippen LogP contribution in [-0.2, 0) is 0 Å². The number of nitrogens with zero attached hydrogens (tertiary/aromatic N) is 2. The summed E-state index contributed by atoms with van der Waals surface area (Å²) in [7, 11) is 0. The molecule has 0 aliphatic heterocycles. The smallest absolute Gasteiger partial charge is 0.305 e. The Kier molecular flexibility index (Phi) is 4.53. The number of nitro groups is 1. The van der Waals surface area contributed by atoms with Crippen molar-refractivity contribution < 1.29 is 18.5 Å². The molecule has 0 saturated carbocycles. The van der Waals surface area contributed by atoms with Crippen LogP contribution in [-0.4, -0.2) is 28.8 Å². The van der Waals surface area contributed by atoms with Gasteiger partial charge in [-0.3, -0.25) is 14.9 Å². The van der Waals surface area contributed by atoms with E-state index in [2.05, 4.69) is 5.92 Å². The SMILES string of the molecule is C#CCN(CC)C(=O)c1c(F)ccc([N+](=O)[O-])c1F. The summed E-state index contributed by atoms with van der Waals surface area (Å²) in [5, 5.41) is 10.6. The maximum atomic E-state index is 13.8. The highest BCUT2D eigenvalue weighted by Gasteiger charge is 2.28. The molecule has 0 saturated heterocycles. The van der Waals surface area contributed by atoms with Crippen molar-refractivity contribution in [2.45, 2.75) is 6.92 Å². The molecule has 1 amide bonds. The number of benzene rings is 1. The van der Waals surface area contributed by atoms with Gasteiger partial charge in [0.25, 0.3) is 5.91 Å². The molecule has 0 fully saturated rings. The maximum absolute atomic E-state index is 13.8. The Balaban J connectivity index is 3.34. The molecule has 5 nitrogen and oxygen atoms in total. The molecule has 0 N–H and O–H groups in total. The van der Waals surface area contributed by atoms with E-state index in [4.69, 9.17) is 6.42 Å². The lowest BCUT2D eigenvalue weighted by Gasteiger charge is -2.18. The monoisotopic (exact) mass is 268 g/mol. The topological polar surface area (TPSA) is 63.5 Å².